The molecule has 21 heavy (non-hydrogen) atoms. The minimum atomic E-state index is -0.427. The van der Waals surface area contributed by atoms with Gasteiger partial charge in [-0.1, -0.05) is 26.2 Å². The molecule has 5 nitrogen and oxygen atoms in total. The Labute approximate surface area is 126 Å². The highest BCUT2D eigenvalue weighted by Gasteiger charge is 2.23. The van der Waals surface area contributed by atoms with Crippen molar-refractivity contribution in [3.05, 3.63) is 17.8 Å². The Kier molecular flexibility index (Phi) is 5.42. The number of nitrogen functional groups attached to an aromatic ring is 1. The van der Waals surface area contributed by atoms with E-state index < -0.39 is 5.97 Å². The molecule has 1 aromatic rings. The van der Waals surface area contributed by atoms with Crippen LogP contribution in [0.25, 0.3) is 0 Å². The molecule has 5 heteroatoms. The summed E-state index contributed by atoms with van der Waals surface area (Å²) in [7, 11) is 1.35. The summed E-state index contributed by atoms with van der Waals surface area (Å²) in [6.07, 6.45) is 9.07. The molecular weight excluding hydrogens is 266 g/mol. The first kappa shape index (κ1) is 15.6. The number of ether oxygens (including phenoxy) is 1. The van der Waals surface area contributed by atoms with Gasteiger partial charge in [0.25, 0.3) is 0 Å². The van der Waals surface area contributed by atoms with E-state index >= 15 is 0 Å². The molecule has 2 rings (SSSR count). The van der Waals surface area contributed by atoms with Crippen LogP contribution in [0.3, 0.4) is 0 Å². The molecule has 1 fully saturated rings. The fourth-order valence-corrected chi connectivity index (χ4v) is 3.11. The average Bonchev–Trinajstić information content (AvgIpc) is 2.54. The van der Waals surface area contributed by atoms with E-state index in [9.17, 15) is 4.79 Å². The van der Waals surface area contributed by atoms with Gasteiger partial charge in [0.2, 0.25) is 0 Å². The second kappa shape index (κ2) is 7.29. The van der Waals surface area contributed by atoms with E-state index in [1.54, 1.807) is 6.07 Å². The maximum atomic E-state index is 11.7. The third kappa shape index (κ3) is 3.86. The van der Waals surface area contributed by atoms with Crippen LogP contribution in [0.1, 0.15) is 55.8 Å². The van der Waals surface area contributed by atoms with Crippen LogP contribution < -0.4 is 11.1 Å². The lowest BCUT2D eigenvalue weighted by atomic mass is 9.83. The van der Waals surface area contributed by atoms with Crippen LogP contribution in [-0.4, -0.2) is 24.1 Å². The summed E-state index contributed by atoms with van der Waals surface area (Å²) in [5, 5.41) is 3.47. The second-order valence-corrected chi connectivity index (χ2v) is 5.71. The highest BCUT2D eigenvalue weighted by molar-refractivity contribution is 5.95. The van der Waals surface area contributed by atoms with Crippen molar-refractivity contribution in [2.24, 2.45) is 5.92 Å². The summed E-state index contributed by atoms with van der Waals surface area (Å²) in [6, 6.07) is 2.08. The standard InChI is InChI=1S/C16H25N3O2/c1-3-14(11-7-5-4-6-8-11)19-15-9-12(16(20)21-2)13(17)10-18-15/h9-11,14H,3-8,17H2,1-2H3,(H,18,19). The number of nitrogens with zero attached hydrogens (tertiary/aromatic N) is 1. The summed E-state index contributed by atoms with van der Waals surface area (Å²) in [4.78, 5) is 16.0. The van der Waals surface area contributed by atoms with Gasteiger partial charge >= 0.3 is 5.97 Å². The van der Waals surface area contributed by atoms with E-state index in [1.807, 2.05) is 0 Å². The van der Waals surface area contributed by atoms with Crippen molar-refractivity contribution in [2.75, 3.05) is 18.2 Å². The first-order valence-corrected chi connectivity index (χ1v) is 7.76. The number of anilines is 2. The Balaban J connectivity index is 2.11. The highest BCUT2D eigenvalue weighted by Crippen LogP contribution is 2.29. The predicted octanol–water partition coefficient (Wildman–Crippen LogP) is 3.22. The molecule has 1 aromatic heterocycles. The number of esters is 1. The van der Waals surface area contributed by atoms with Crippen molar-refractivity contribution in [1.82, 2.24) is 4.98 Å². The Morgan fingerprint density at radius 3 is 2.81 bits per heavy atom. The molecule has 1 saturated carbocycles. The Bertz CT molecular complexity index is 484. The largest absolute Gasteiger partial charge is 0.465 e. The number of carbonyl (C=O) groups excluding carboxylic acids is 1. The first-order chi connectivity index (χ1) is 10.2. The number of nitrogens with two attached hydrogens (primary N) is 1. The van der Waals surface area contributed by atoms with Gasteiger partial charge in [-0.2, -0.15) is 0 Å². The molecule has 3 N–H and O–H groups in total. The monoisotopic (exact) mass is 291 g/mol. The first-order valence-electron chi connectivity index (χ1n) is 7.76. The van der Waals surface area contributed by atoms with E-state index in [1.165, 1.54) is 45.4 Å². The normalized spacial score (nSPS) is 17.2. The van der Waals surface area contributed by atoms with Gasteiger partial charge in [-0.3, -0.25) is 0 Å². The topological polar surface area (TPSA) is 77.2 Å². The summed E-state index contributed by atoms with van der Waals surface area (Å²) in [6.45, 7) is 2.19. The maximum Gasteiger partial charge on any atom is 0.340 e. The smallest absolute Gasteiger partial charge is 0.340 e. The average molecular weight is 291 g/mol. The van der Waals surface area contributed by atoms with Crippen LogP contribution in [0.2, 0.25) is 0 Å². The predicted molar refractivity (Wildman–Crippen MR) is 84.3 cm³/mol. The minimum absolute atomic E-state index is 0.345. The molecule has 0 bridgehead atoms. The molecule has 0 radical (unpaired) electrons. The number of rotatable bonds is 5. The molecule has 116 valence electrons. The molecule has 1 aliphatic carbocycles. The van der Waals surface area contributed by atoms with E-state index in [0.717, 1.165) is 6.42 Å². The molecule has 0 amide bonds. The third-order valence-electron chi connectivity index (χ3n) is 4.33. The molecule has 0 saturated heterocycles. The van der Waals surface area contributed by atoms with Crippen molar-refractivity contribution < 1.29 is 9.53 Å². The van der Waals surface area contributed by atoms with Gasteiger partial charge < -0.3 is 15.8 Å². The number of carbonyl (C=O) groups is 1. The van der Waals surface area contributed by atoms with Crippen molar-refractivity contribution >= 4 is 17.5 Å². The molecule has 0 aromatic carbocycles. The lowest BCUT2D eigenvalue weighted by Gasteiger charge is -2.30. The number of hydrogen-bond acceptors (Lipinski definition) is 5. The van der Waals surface area contributed by atoms with Crippen LogP contribution in [0.5, 0.6) is 0 Å². The van der Waals surface area contributed by atoms with Crippen LogP contribution in [0, 0.1) is 5.92 Å². The summed E-state index contributed by atoms with van der Waals surface area (Å²) in [5.41, 5.74) is 6.50. The SMILES string of the molecule is CCC(Nc1cc(C(=O)OC)c(N)cn1)C1CCCCC1. The van der Waals surface area contributed by atoms with Crippen molar-refractivity contribution in [1.29, 1.82) is 0 Å². The molecule has 0 aliphatic heterocycles. The summed E-state index contributed by atoms with van der Waals surface area (Å²) < 4.78 is 4.75. The van der Waals surface area contributed by atoms with E-state index in [4.69, 9.17) is 10.5 Å². The lowest BCUT2D eigenvalue weighted by molar-refractivity contribution is 0.0602. The van der Waals surface area contributed by atoms with Crippen molar-refractivity contribution in [3.63, 3.8) is 0 Å². The van der Waals surface area contributed by atoms with E-state index in [-0.39, 0.29) is 0 Å². The Hall–Kier alpha value is -1.78. The molecule has 1 unspecified atom stereocenters. The fraction of sp³-hybridized carbons (Fsp3) is 0.625. The Morgan fingerprint density at radius 2 is 2.19 bits per heavy atom. The number of aromatic nitrogens is 1. The van der Waals surface area contributed by atoms with E-state index in [2.05, 4.69) is 17.2 Å². The lowest BCUT2D eigenvalue weighted by Crippen LogP contribution is -2.30. The van der Waals surface area contributed by atoms with Crippen LogP contribution >= 0.6 is 0 Å². The fourth-order valence-electron chi connectivity index (χ4n) is 3.11. The van der Waals surface area contributed by atoms with Gasteiger partial charge in [-0.25, -0.2) is 9.78 Å². The van der Waals surface area contributed by atoms with Gasteiger partial charge in [-0.15, -0.1) is 0 Å². The van der Waals surface area contributed by atoms with E-state index in [0.29, 0.717) is 29.0 Å². The zero-order valence-electron chi connectivity index (χ0n) is 12.9. The van der Waals surface area contributed by atoms with Gasteiger partial charge in [-0.05, 0) is 31.2 Å². The number of hydrogen-bond donors (Lipinski definition) is 2. The highest BCUT2D eigenvalue weighted by atomic mass is 16.5. The van der Waals surface area contributed by atoms with Gasteiger partial charge in [0, 0.05) is 6.04 Å². The maximum absolute atomic E-state index is 11.7. The van der Waals surface area contributed by atoms with Crippen LogP contribution in [0.15, 0.2) is 12.3 Å². The molecule has 1 aliphatic rings. The minimum Gasteiger partial charge on any atom is -0.465 e. The number of nitrogens with one attached hydrogen (secondary N) is 1. The van der Waals surface area contributed by atoms with Crippen molar-refractivity contribution in [3.8, 4) is 0 Å². The Morgan fingerprint density at radius 1 is 1.48 bits per heavy atom. The molecule has 1 heterocycles. The molecular formula is C16H25N3O2. The number of pyridine rings is 1. The number of methoxy groups -OCH3 is 1. The van der Waals surface area contributed by atoms with Gasteiger partial charge in [0.05, 0.1) is 24.6 Å². The van der Waals surface area contributed by atoms with Crippen molar-refractivity contribution in [2.45, 2.75) is 51.5 Å². The summed E-state index contributed by atoms with van der Waals surface area (Å²) in [5.74, 6) is 0.954. The van der Waals surface area contributed by atoms with Crippen LogP contribution in [-0.2, 0) is 4.74 Å². The van der Waals surface area contributed by atoms with Gasteiger partial charge in [0.1, 0.15) is 5.82 Å². The molecule has 1 atom stereocenters. The van der Waals surface area contributed by atoms with Crippen LogP contribution in [0.4, 0.5) is 11.5 Å². The quantitative estimate of drug-likeness (QED) is 0.814. The second-order valence-electron chi connectivity index (χ2n) is 5.71. The third-order valence-corrected chi connectivity index (χ3v) is 4.33. The van der Waals surface area contributed by atoms with Gasteiger partial charge in [0.15, 0.2) is 0 Å². The molecule has 0 spiro atoms. The summed E-state index contributed by atoms with van der Waals surface area (Å²) >= 11 is 0. The zero-order valence-corrected chi connectivity index (χ0v) is 12.9. The zero-order chi connectivity index (χ0) is 15.2.